The molecule has 0 radical (unpaired) electrons. The highest BCUT2D eigenvalue weighted by atomic mass is 16.5. The SMILES string of the molecule is CN(CCOc1ccc(OCc2ccccc2)cc1)CCC(=O)O. The number of likely N-dealkylation sites (N-methyl/N-ethyl adjacent to an activating group) is 1. The summed E-state index contributed by atoms with van der Waals surface area (Å²) in [4.78, 5) is 12.4. The maximum absolute atomic E-state index is 10.5. The summed E-state index contributed by atoms with van der Waals surface area (Å²) in [5.74, 6) is 0.785. The second kappa shape index (κ2) is 9.57. The van der Waals surface area contributed by atoms with Crippen LogP contribution in [-0.2, 0) is 11.4 Å². The predicted molar refractivity (Wildman–Crippen MR) is 92.5 cm³/mol. The minimum Gasteiger partial charge on any atom is -0.492 e. The fourth-order valence-corrected chi connectivity index (χ4v) is 2.09. The van der Waals surface area contributed by atoms with E-state index in [4.69, 9.17) is 14.6 Å². The zero-order valence-corrected chi connectivity index (χ0v) is 13.9. The minimum absolute atomic E-state index is 0.143. The zero-order valence-electron chi connectivity index (χ0n) is 13.9. The molecule has 0 spiro atoms. The Hall–Kier alpha value is -2.53. The van der Waals surface area contributed by atoms with E-state index in [0.29, 0.717) is 26.3 Å². The number of aliphatic carboxylic acids is 1. The summed E-state index contributed by atoms with van der Waals surface area (Å²) >= 11 is 0. The predicted octanol–water partition coefficient (Wildman–Crippen LogP) is 3.05. The molecule has 0 aromatic heterocycles. The highest BCUT2D eigenvalue weighted by molar-refractivity contribution is 5.66. The monoisotopic (exact) mass is 329 g/mol. The molecule has 0 bridgehead atoms. The van der Waals surface area contributed by atoms with Gasteiger partial charge in [-0.05, 0) is 36.9 Å². The van der Waals surface area contributed by atoms with E-state index in [0.717, 1.165) is 17.1 Å². The Bertz CT molecular complexity index is 613. The van der Waals surface area contributed by atoms with Gasteiger partial charge in [-0.25, -0.2) is 0 Å². The van der Waals surface area contributed by atoms with Crippen LogP contribution in [0.15, 0.2) is 54.6 Å². The molecule has 0 atom stereocenters. The molecule has 0 amide bonds. The molecule has 128 valence electrons. The van der Waals surface area contributed by atoms with E-state index >= 15 is 0 Å². The molecule has 2 aromatic carbocycles. The van der Waals surface area contributed by atoms with Gasteiger partial charge in [-0.15, -0.1) is 0 Å². The van der Waals surface area contributed by atoms with E-state index in [2.05, 4.69) is 0 Å². The summed E-state index contributed by atoms with van der Waals surface area (Å²) in [6, 6.07) is 17.5. The summed E-state index contributed by atoms with van der Waals surface area (Å²) in [5, 5.41) is 8.64. The second-order valence-corrected chi connectivity index (χ2v) is 5.54. The molecule has 5 heteroatoms. The number of nitrogens with zero attached hydrogens (tertiary/aromatic N) is 1. The summed E-state index contributed by atoms with van der Waals surface area (Å²) in [7, 11) is 1.88. The molecule has 0 aliphatic rings. The number of carboxylic acids is 1. The average molecular weight is 329 g/mol. The van der Waals surface area contributed by atoms with Crippen LogP contribution >= 0.6 is 0 Å². The number of hydrogen-bond acceptors (Lipinski definition) is 4. The van der Waals surface area contributed by atoms with Crippen LogP contribution in [0.25, 0.3) is 0 Å². The molecule has 2 rings (SSSR count). The summed E-state index contributed by atoms with van der Waals surface area (Å²) in [6.07, 6.45) is 0.143. The lowest BCUT2D eigenvalue weighted by molar-refractivity contribution is -0.137. The number of carboxylic acid groups (broad SMARTS) is 1. The third kappa shape index (κ3) is 6.71. The third-order valence-corrected chi connectivity index (χ3v) is 3.52. The zero-order chi connectivity index (χ0) is 17.2. The topological polar surface area (TPSA) is 59.0 Å². The largest absolute Gasteiger partial charge is 0.492 e. The highest BCUT2D eigenvalue weighted by Crippen LogP contribution is 2.18. The summed E-state index contributed by atoms with van der Waals surface area (Å²) in [6.45, 7) is 2.25. The Morgan fingerprint density at radius 2 is 1.58 bits per heavy atom. The lowest BCUT2D eigenvalue weighted by Gasteiger charge is -2.15. The van der Waals surface area contributed by atoms with Gasteiger partial charge in [0.1, 0.15) is 24.7 Å². The van der Waals surface area contributed by atoms with E-state index in [1.165, 1.54) is 0 Å². The molecular formula is C19H23NO4. The molecule has 0 saturated carbocycles. The van der Waals surface area contributed by atoms with E-state index in [1.807, 2.05) is 66.5 Å². The minimum atomic E-state index is -0.783. The Balaban J connectivity index is 1.69. The van der Waals surface area contributed by atoms with E-state index in [-0.39, 0.29) is 6.42 Å². The maximum atomic E-state index is 10.5. The number of hydrogen-bond donors (Lipinski definition) is 1. The Morgan fingerprint density at radius 1 is 0.958 bits per heavy atom. The molecule has 24 heavy (non-hydrogen) atoms. The van der Waals surface area contributed by atoms with Crippen molar-refractivity contribution in [1.82, 2.24) is 4.90 Å². The molecule has 1 N–H and O–H groups in total. The van der Waals surface area contributed by atoms with Gasteiger partial charge in [-0.1, -0.05) is 30.3 Å². The van der Waals surface area contributed by atoms with Gasteiger partial charge in [-0.2, -0.15) is 0 Å². The molecule has 5 nitrogen and oxygen atoms in total. The normalized spacial score (nSPS) is 10.6. The first-order valence-electron chi connectivity index (χ1n) is 7.93. The Kier molecular flexibility index (Phi) is 7.11. The van der Waals surface area contributed by atoms with E-state index in [9.17, 15) is 4.79 Å². The van der Waals surface area contributed by atoms with Crippen LogP contribution < -0.4 is 9.47 Å². The molecule has 0 aliphatic heterocycles. The first kappa shape index (κ1) is 17.8. The van der Waals surface area contributed by atoms with Gasteiger partial charge in [-0.3, -0.25) is 4.79 Å². The van der Waals surface area contributed by atoms with Gasteiger partial charge < -0.3 is 19.5 Å². The lowest BCUT2D eigenvalue weighted by atomic mass is 10.2. The number of ether oxygens (including phenoxy) is 2. The number of benzene rings is 2. The van der Waals surface area contributed by atoms with Crippen molar-refractivity contribution in [3.05, 3.63) is 60.2 Å². The average Bonchev–Trinajstić information content (AvgIpc) is 2.60. The van der Waals surface area contributed by atoms with Crippen molar-refractivity contribution < 1.29 is 19.4 Å². The van der Waals surface area contributed by atoms with Crippen molar-refractivity contribution >= 4 is 5.97 Å². The van der Waals surface area contributed by atoms with Crippen molar-refractivity contribution in [2.24, 2.45) is 0 Å². The second-order valence-electron chi connectivity index (χ2n) is 5.54. The van der Waals surface area contributed by atoms with Gasteiger partial charge in [0.25, 0.3) is 0 Å². The van der Waals surface area contributed by atoms with Crippen molar-refractivity contribution in [2.45, 2.75) is 13.0 Å². The smallest absolute Gasteiger partial charge is 0.304 e. The van der Waals surface area contributed by atoms with Crippen LogP contribution in [0.4, 0.5) is 0 Å². The van der Waals surface area contributed by atoms with Gasteiger partial charge in [0.2, 0.25) is 0 Å². The van der Waals surface area contributed by atoms with Gasteiger partial charge in [0.15, 0.2) is 0 Å². The van der Waals surface area contributed by atoms with Gasteiger partial charge >= 0.3 is 5.97 Å². The van der Waals surface area contributed by atoms with Crippen LogP contribution in [0, 0.1) is 0 Å². The molecule has 0 saturated heterocycles. The summed E-state index contributed by atoms with van der Waals surface area (Å²) < 4.78 is 11.4. The van der Waals surface area contributed by atoms with Crippen LogP contribution in [0.2, 0.25) is 0 Å². The van der Waals surface area contributed by atoms with Gasteiger partial charge in [0, 0.05) is 13.1 Å². The fraction of sp³-hybridized carbons (Fsp3) is 0.316. The molecule has 0 aliphatic carbocycles. The fourth-order valence-electron chi connectivity index (χ4n) is 2.09. The van der Waals surface area contributed by atoms with Crippen LogP contribution in [-0.4, -0.2) is 42.7 Å². The van der Waals surface area contributed by atoms with Crippen molar-refractivity contribution in [3.8, 4) is 11.5 Å². The molecule has 0 heterocycles. The molecule has 0 unspecified atom stereocenters. The number of rotatable bonds is 10. The molecule has 2 aromatic rings. The quantitative estimate of drug-likeness (QED) is 0.726. The summed E-state index contributed by atoms with van der Waals surface area (Å²) in [5.41, 5.74) is 1.13. The standard InChI is InChI=1S/C19H23NO4/c1-20(12-11-19(21)22)13-14-23-17-7-9-18(10-8-17)24-15-16-5-3-2-4-6-16/h2-10H,11-15H2,1H3,(H,21,22). The van der Waals surface area contributed by atoms with Crippen molar-refractivity contribution in [3.63, 3.8) is 0 Å². The van der Waals surface area contributed by atoms with Crippen molar-refractivity contribution in [1.29, 1.82) is 0 Å². The number of carbonyl (C=O) groups is 1. The van der Waals surface area contributed by atoms with E-state index < -0.39 is 5.97 Å². The lowest BCUT2D eigenvalue weighted by Crippen LogP contribution is -2.26. The van der Waals surface area contributed by atoms with E-state index in [1.54, 1.807) is 0 Å². The van der Waals surface area contributed by atoms with Crippen LogP contribution in [0.5, 0.6) is 11.5 Å². The third-order valence-electron chi connectivity index (χ3n) is 3.52. The first-order chi connectivity index (χ1) is 11.6. The van der Waals surface area contributed by atoms with Crippen molar-refractivity contribution in [2.75, 3.05) is 26.7 Å². The van der Waals surface area contributed by atoms with Crippen LogP contribution in [0.1, 0.15) is 12.0 Å². The first-order valence-corrected chi connectivity index (χ1v) is 7.93. The molecule has 0 fully saturated rings. The van der Waals surface area contributed by atoms with Crippen LogP contribution in [0.3, 0.4) is 0 Å². The van der Waals surface area contributed by atoms with Gasteiger partial charge in [0.05, 0.1) is 6.42 Å². The Labute approximate surface area is 142 Å². The maximum Gasteiger partial charge on any atom is 0.304 e. The Morgan fingerprint density at radius 3 is 2.21 bits per heavy atom. The molecular weight excluding hydrogens is 306 g/mol. The highest BCUT2D eigenvalue weighted by Gasteiger charge is 2.03.